The molecule has 0 spiro atoms. The highest BCUT2D eigenvalue weighted by Crippen LogP contribution is 2.38. The first-order valence-corrected chi connectivity index (χ1v) is 11.0. The van der Waals surface area contributed by atoms with Crippen molar-refractivity contribution < 1.29 is 14.3 Å². The molecule has 1 N–H and O–H groups in total. The van der Waals surface area contributed by atoms with Crippen molar-refractivity contribution in [3.8, 4) is 17.0 Å². The van der Waals surface area contributed by atoms with E-state index in [4.69, 9.17) is 4.74 Å². The third kappa shape index (κ3) is 4.18. The van der Waals surface area contributed by atoms with Crippen LogP contribution in [0.2, 0.25) is 0 Å². The molecule has 1 unspecified atom stereocenters. The van der Waals surface area contributed by atoms with Crippen molar-refractivity contribution in [3.63, 3.8) is 0 Å². The van der Waals surface area contributed by atoms with Gasteiger partial charge in [-0.15, -0.1) is 11.3 Å². The Morgan fingerprint density at radius 1 is 1.13 bits per heavy atom. The third-order valence-electron chi connectivity index (χ3n) is 5.44. The molecule has 1 aliphatic heterocycles. The Balaban J connectivity index is 1.63. The Hall–Kier alpha value is -3.19. The Morgan fingerprint density at radius 2 is 1.90 bits per heavy atom. The molecule has 2 aromatic carbocycles. The van der Waals surface area contributed by atoms with Crippen LogP contribution < -0.4 is 15.0 Å². The minimum atomic E-state index is -0.656. The number of anilines is 2. The van der Waals surface area contributed by atoms with Gasteiger partial charge in [0.15, 0.2) is 6.10 Å². The minimum Gasteiger partial charge on any atom is -0.479 e. The summed E-state index contributed by atoms with van der Waals surface area (Å²) in [6.45, 7) is 9.62. The van der Waals surface area contributed by atoms with E-state index >= 15 is 0 Å². The summed E-state index contributed by atoms with van der Waals surface area (Å²) in [5, 5.41) is 3.88. The van der Waals surface area contributed by atoms with E-state index in [-0.39, 0.29) is 18.4 Å². The Labute approximate surface area is 185 Å². The van der Waals surface area contributed by atoms with Crippen LogP contribution in [-0.4, -0.2) is 29.4 Å². The molecule has 3 aromatic rings. The van der Waals surface area contributed by atoms with Crippen LogP contribution in [0.4, 0.5) is 11.4 Å². The van der Waals surface area contributed by atoms with Crippen LogP contribution in [-0.2, 0) is 9.59 Å². The van der Waals surface area contributed by atoms with Gasteiger partial charge in [-0.05, 0) is 76.1 Å². The molecule has 0 aliphatic carbocycles. The summed E-state index contributed by atoms with van der Waals surface area (Å²) in [7, 11) is 0. The molecule has 160 valence electrons. The fraction of sp³-hybridized carbons (Fsp3) is 0.292. The molecule has 0 fully saturated rings. The van der Waals surface area contributed by atoms with Gasteiger partial charge in [0.05, 0.1) is 16.4 Å². The van der Waals surface area contributed by atoms with Gasteiger partial charge >= 0.3 is 0 Å². The maximum atomic E-state index is 12.9. The molecule has 0 bridgehead atoms. The highest BCUT2D eigenvalue weighted by Gasteiger charge is 2.33. The summed E-state index contributed by atoms with van der Waals surface area (Å²) in [6.07, 6.45) is -0.656. The molecule has 0 saturated heterocycles. The van der Waals surface area contributed by atoms with E-state index in [1.165, 1.54) is 4.90 Å². The molecule has 1 aromatic heterocycles. The standard InChI is InChI=1S/C24H25N3O3S/c1-13-6-8-19(10-14(13)2)26-22(28)12-27-20-11-18(23-16(4)31-17(5)25-23)7-9-21(20)30-15(3)24(27)29/h6-11,15H,12H2,1-5H3,(H,26,28). The lowest BCUT2D eigenvalue weighted by atomic mass is 10.1. The number of aryl methyl sites for hydroxylation is 4. The van der Waals surface area contributed by atoms with Crippen molar-refractivity contribution in [2.75, 3.05) is 16.8 Å². The molecule has 1 atom stereocenters. The van der Waals surface area contributed by atoms with Gasteiger partial charge in [0, 0.05) is 16.1 Å². The van der Waals surface area contributed by atoms with E-state index < -0.39 is 6.10 Å². The smallest absolute Gasteiger partial charge is 0.268 e. The number of carbonyl (C=O) groups excluding carboxylic acids is 2. The maximum absolute atomic E-state index is 12.9. The molecular formula is C24H25N3O3S. The summed E-state index contributed by atoms with van der Waals surface area (Å²) >= 11 is 1.63. The lowest BCUT2D eigenvalue weighted by molar-refractivity contribution is -0.127. The van der Waals surface area contributed by atoms with E-state index in [9.17, 15) is 9.59 Å². The van der Waals surface area contributed by atoms with Crippen LogP contribution in [0.5, 0.6) is 5.75 Å². The summed E-state index contributed by atoms with van der Waals surface area (Å²) in [5.74, 6) is 0.0771. The Kier molecular flexibility index (Phi) is 5.54. The number of aromatic nitrogens is 1. The lowest BCUT2D eigenvalue weighted by Crippen LogP contribution is -2.47. The van der Waals surface area contributed by atoms with Crippen LogP contribution >= 0.6 is 11.3 Å². The highest BCUT2D eigenvalue weighted by molar-refractivity contribution is 7.11. The number of carbonyl (C=O) groups is 2. The summed E-state index contributed by atoms with van der Waals surface area (Å²) in [5.41, 5.74) is 5.33. The monoisotopic (exact) mass is 435 g/mol. The lowest BCUT2D eigenvalue weighted by Gasteiger charge is -2.33. The number of nitrogens with one attached hydrogen (secondary N) is 1. The molecule has 2 amide bonds. The quantitative estimate of drug-likeness (QED) is 0.639. The second-order valence-corrected chi connectivity index (χ2v) is 9.26. The SMILES string of the molecule is Cc1nc(-c2ccc3c(c2)N(CC(=O)Nc2ccc(C)c(C)c2)C(=O)C(C)O3)c(C)s1. The zero-order valence-corrected chi connectivity index (χ0v) is 19.1. The highest BCUT2D eigenvalue weighted by atomic mass is 32.1. The number of amides is 2. The van der Waals surface area contributed by atoms with Crippen LogP contribution in [0.1, 0.15) is 27.9 Å². The van der Waals surface area contributed by atoms with Crippen LogP contribution in [0.3, 0.4) is 0 Å². The molecule has 2 heterocycles. The van der Waals surface area contributed by atoms with Crippen LogP contribution in [0.25, 0.3) is 11.3 Å². The van der Waals surface area contributed by atoms with Crippen molar-refractivity contribution in [2.45, 2.75) is 40.7 Å². The van der Waals surface area contributed by atoms with Crippen molar-refractivity contribution >= 4 is 34.5 Å². The van der Waals surface area contributed by atoms with E-state index in [1.54, 1.807) is 18.3 Å². The molecular weight excluding hydrogens is 410 g/mol. The second kappa shape index (κ2) is 8.15. The fourth-order valence-corrected chi connectivity index (χ4v) is 4.52. The number of hydrogen-bond donors (Lipinski definition) is 1. The van der Waals surface area contributed by atoms with Gasteiger partial charge in [-0.3, -0.25) is 14.5 Å². The van der Waals surface area contributed by atoms with Crippen molar-refractivity contribution in [3.05, 3.63) is 57.4 Å². The Morgan fingerprint density at radius 3 is 2.58 bits per heavy atom. The summed E-state index contributed by atoms with van der Waals surface area (Å²) in [6, 6.07) is 11.4. The number of fused-ring (bicyclic) bond motifs is 1. The van der Waals surface area contributed by atoms with E-state index in [0.29, 0.717) is 17.1 Å². The normalized spacial score (nSPS) is 15.5. The minimum absolute atomic E-state index is 0.0923. The van der Waals surface area contributed by atoms with Gasteiger partial charge in [0.1, 0.15) is 12.3 Å². The molecule has 0 radical (unpaired) electrons. The second-order valence-electron chi connectivity index (χ2n) is 7.85. The largest absolute Gasteiger partial charge is 0.479 e. The molecule has 31 heavy (non-hydrogen) atoms. The average molecular weight is 436 g/mol. The van der Waals surface area contributed by atoms with E-state index in [1.807, 2.05) is 64.1 Å². The predicted molar refractivity (Wildman–Crippen MR) is 124 cm³/mol. The maximum Gasteiger partial charge on any atom is 0.268 e. The number of rotatable bonds is 4. The van der Waals surface area contributed by atoms with Crippen molar-refractivity contribution in [1.82, 2.24) is 4.98 Å². The zero-order valence-electron chi connectivity index (χ0n) is 18.3. The van der Waals surface area contributed by atoms with Gasteiger partial charge in [-0.1, -0.05) is 6.07 Å². The number of benzene rings is 2. The average Bonchev–Trinajstić information content (AvgIpc) is 3.06. The van der Waals surface area contributed by atoms with Gasteiger partial charge in [0.2, 0.25) is 5.91 Å². The number of hydrogen-bond acceptors (Lipinski definition) is 5. The van der Waals surface area contributed by atoms with E-state index in [0.717, 1.165) is 32.3 Å². The molecule has 4 rings (SSSR count). The first-order valence-electron chi connectivity index (χ1n) is 10.2. The third-order valence-corrected chi connectivity index (χ3v) is 6.32. The predicted octanol–water partition coefficient (Wildman–Crippen LogP) is 4.80. The van der Waals surface area contributed by atoms with Crippen LogP contribution in [0, 0.1) is 27.7 Å². The number of nitrogens with zero attached hydrogens (tertiary/aromatic N) is 2. The van der Waals surface area contributed by atoms with Gasteiger partial charge in [0.25, 0.3) is 5.91 Å². The van der Waals surface area contributed by atoms with Gasteiger partial charge < -0.3 is 10.1 Å². The molecule has 6 nitrogen and oxygen atoms in total. The van der Waals surface area contributed by atoms with Gasteiger partial charge in [-0.2, -0.15) is 0 Å². The van der Waals surface area contributed by atoms with Crippen molar-refractivity contribution in [1.29, 1.82) is 0 Å². The number of ether oxygens (including phenoxy) is 1. The number of thiazole rings is 1. The first kappa shape index (κ1) is 21.1. The molecule has 0 saturated carbocycles. The topological polar surface area (TPSA) is 71.5 Å². The summed E-state index contributed by atoms with van der Waals surface area (Å²) < 4.78 is 5.79. The van der Waals surface area contributed by atoms with Crippen molar-refractivity contribution in [2.24, 2.45) is 0 Å². The van der Waals surface area contributed by atoms with Gasteiger partial charge in [-0.25, -0.2) is 4.98 Å². The zero-order chi connectivity index (χ0) is 22.3. The first-order chi connectivity index (χ1) is 14.7. The fourth-order valence-electron chi connectivity index (χ4n) is 3.68. The van der Waals surface area contributed by atoms with E-state index in [2.05, 4.69) is 10.3 Å². The summed E-state index contributed by atoms with van der Waals surface area (Å²) in [4.78, 5) is 32.9. The molecule has 1 aliphatic rings. The molecule has 7 heteroatoms. The Bertz CT molecular complexity index is 1180. The van der Waals surface area contributed by atoms with Crippen LogP contribution in [0.15, 0.2) is 36.4 Å².